The Morgan fingerprint density at radius 3 is 2.70 bits per heavy atom. The Kier molecular flexibility index (Phi) is 6.72. The number of aromatic amines is 1. The maximum atomic E-state index is 13.2. The van der Waals surface area contributed by atoms with Gasteiger partial charge < -0.3 is 24.5 Å². The molecule has 5 aromatic rings. The van der Waals surface area contributed by atoms with Gasteiger partial charge in [0.05, 0.1) is 28.4 Å². The number of aromatic nitrogens is 6. The molecule has 0 radical (unpaired) electrons. The number of carbonyl (C=O) groups excluding carboxylic acids is 1. The lowest BCUT2D eigenvalue weighted by Crippen LogP contribution is -2.42. The third kappa shape index (κ3) is 4.91. The minimum absolute atomic E-state index is 0.0185. The Hall–Kier alpha value is -5.00. The van der Waals surface area contributed by atoms with Crippen molar-refractivity contribution in [1.29, 1.82) is 0 Å². The molecule has 2 aromatic carbocycles. The number of H-pyrrole nitrogens is 1. The Bertz CT molecular complexity index is 1650. The molecule has 204 valence electrons. The normalized spacial score (nSPS) is 14.8. The van der Waals surface area contributed by atoms with Crippen LogP contribution in [0.15, 0.2) is 59.4 Å². The average molecular weight is 542 g/mol. The number of rotatable bonds is 8. The first-order valence-corrected chi connectivity index (χ1v) is 13.1. The molecule has 3 aromatic heterocycles. The van der Waals surface area contributed by atoms with Crippen molar-refractivity contribution in [2.24, 2.45) is 0 Å². The highest BCUT2D eigenvalue weighted by atomic mass is 16.4. The Balaban J connectivity index is 1.27. The number of fused-ring (bicyclic) bond motifs is 1. The van der Waals surface area contributed by atoms with Crippen molar-refractivity contribution in [3.05, 3.63) is 66.1 Å². The number of benzene rings is 2. The molecular formula is C28H27N7O5. The highest BCUT2D eigenvalue weighted by Crippen LogP contribution is 2.36. The number of phenolic OH excluding ortho intramolecular Hbond substituents is 1. The van der Waals surface area contributed by atoms with Crippen molar-refractivity contribution >= 4 is 22.9 Å². The number of furan rings is 1. The number of carboxylic acids is 1. The number of nitrogens with zero attached hydrogens (tertiary/aromatic N) is 5. The molecule has 0 aliphatic heterocycles. The van der Waals surface area contributed by atoms with E-state index in [2.05, 4.69) is 30.5 Å². The summed E-state index contributed by atoms with van der Waals surface area (Å²) < 4.78 is 7.56. The second-order valence-corrected chi connectivity index (χ2v) is 9.97. The SMILES string of the molecule is O=C(N[C@@H](Cc1ccc(O)c(-c2nn[nH]n2)c1)C(=O)O)c1ccc2c(c1)nc(-c1ccoc1)n2C1CCCCC1. The highest BCUT2D eigenvalue weighted by molar-refractivity contribution is 5.99. The van der Waals surface area contributed by atoms with Crippen LogP contribution >= 0.6 is 0 Å². The number of phenols is 1. The average Bonchev–Trinajstić information content (AvgIpc) is 3.75. The van der Waals surface area contributed by atoms with Gasteiger partial charge in [0.1, 0.15) is 23.9 Å². The van der Waals surface area contributed by atoms with Gasteiger partial charge in [0.2, 0.25) is 5.82 Å². The monoisotopic (exact) mass is 541 g/mol. The first-order valence-electron chi connectivity index (χ1n) is 13.1. The summed E-state index contributed by atoms with van der Waals surface area (Å²) in [7, 11) is 0. The summed E-state index contributed by atoms with van der Waals surface area (Å²) >= 11 is 0. The van der Waals surface area contributed by atoms with Crippen LogP contribution < -0.4 is 5.32 Å². The maximum Gasteiger partial charge on any atom is 0.326 e. The molecule has 1 aliphatic rings. The zero-order valence-electron chi connectivity index (χ0n) is 21.4. The van der Waals surface area contributed by atoms with E-state index in [1.54, 1.807) is 36.8 Å². The smallest absolute Gasteiger partial charge is 0.326 e. The van der Waals surface area contributed by atoms with Gasteiger partial charge in [-0.25, -0.2) is 9.78 Å². The van der Waals surface area contributed by atoms with E-state index in [0.29, 0.717) is 28.2 Å². The minimum atomic E-state index is -1.22. The van der Waals surface area contributed by atoms with Gasteiger partial charge in [-0.2, -0.15) is 5.21 Å². The molecule has 1 aliphatic carbocycles. The zero-order chi connectivity index (χ0) is 27.6. The second kappa shape index (κ2) is 10.6. The molecule has 6 rings (SSSR count). The van der Waals surface area contributed by atoms with Crippen LogP contribution in [0.2, 0.25) is 0 Å². The van der Waals surface area contributed by atoms with E-state index >= 15 is 0 Å². The number of nitrogens with one attached hydrogen (secondary N) is 2. The second-order valence-electron chi connectivity index (χ2n) is 9.97. The quantitative estimate of drug-likeness (QED) is 0.225. The number of tetrazole rings is 1. The van der Waals surface area contributed by atoms with Crippen LogP contribution in [0.4, 0.5) is 0 Å². The van der Waals surface area contributed by atoms with Gasteiger partial charge in [0, 0.05) is 18.0 Å². The fraction of sp³-hybridized carbons (Fsp3) is 0.286. The van der Waals surface area contributed by atoms with E-state index in [9.17, 15) is 19.8 Å². The molecule has 4 N–H and O–H groups in total. The van der Waals surface area contributed by atoms with Gasteiger partial charge in [0.15, 0.2) is 0 Å². The molecule has 12 nitrogen and oxygen atoms in total. The third-order valence-electron chi connectivity index (χ3n) is 7.36. The van der Waals surface area contributed by atoms with Gasteiger partial charge in [-0.15, -0.1) is 10.2 Å². The lowest BCUT2D eigenvalue weighted by atomic mass is 9.95. The number of hydrogen-bond donors (Lipinski definition) is 4. The largest absolute Gasteiger partial charge is 0.507 e. The van der Waals surface area contributed by atoms with Crippen molar-refractivity contribution < 1.29 is 24.2 Å². The predicted molar refractivity (Wildman–Crippen MR) is 143 cm³/mol. The number of aliphatic carboxylic acids is 1. The Morgan fingerprint density at radius 1 is 1.12 bits per heavy atom. The lowest BCUT2D eigenvalue weighted by molar-refractivity contribution is -0.139. The van der Waals surface area contributed by atoms with E-state index in [-0.39, 0.29) is 18.0 Å². The molecule has 1 atom stereocenters. The third-order valence-corrected chi connectivity index (χ3v) is 7.36. The van der Waals surface area contributed by atoms with Crippen LogP contribution in [0.3, 0.4) is 0 Å². The summed E-state index contributed by atoms with van der Waals surface area (Å²) in [4.78, 5) is 30.2. The fourth-order valence-electron chi connectivity index (χ4n) is 5.39. The molecule has 0 spiro atoms. The summed E-state index contributed by atoms with van der Waals surface area (Å²) in [5.41, 5.74) is 3.62. The van der Waals surface area contributed by atoms with E-state index in [1.165, 1.54) is 12.5 Å². The van der Waals surface area contributed by atoms with Crippen LogP contribution in [-0.2, 0) is 11.2 Å². The molecule has 0 saturated heterocycles. The molecule has 0 bridgehead atoms. The maximum absolute atomic E-state index is 13.2. The first kappa shape index (κ1) is 25.3. The summed E-state index contributed by atoms with van der Waals surface area (Å²) in [6.07, 6.45) is 8.92. The number of amides is 1. The van der Waals surface area contributed by atoms with Gasteiger partial charge in [0.25, 0.3) is 5.91 Å². The molecule has 12 heteroatoms. The van der Waals surface area contributed by atoms with Crippen LogP contribution in [-0.4, -0.2) is 58.3 Å². The molecule has 1 amide bonds. The minimum Gasteiger partial charge on any atom is -0.507 e. The first-order chi connectivity index (χ1) is 19.5. The molecule has 1 saturated carbocycles. The standard InChI is InChI=1S/C28H27N7O5/c36-24-9-6-16(12-20(24)25-31-33-34-32-25)13-22(28(38)39)30-27(37)17-7-8-23-21(14-17)29-26(18-10-11-40-15-18)35(23)19-4-2-1-3-5-19/h6-12,14-15,19,22,36H,1-5,13H2,(H,30,37)(H,38,39)(H,31,32,33,34)/t22-/m0/s1. The van der Waals surface area contributed by atoms with Gasteiger partial charge in [-0.05, 0) is 60.0 Å². The Labute approximate surface area is 228 Å². The van der Waals surface area contributed by atoms with E-state index in [4.69, 9.17) is 9.40 Å². The molecule has 1 fully saturated rings. The summed E-state index contributed by atoms with van der Waals surface area (Å²) in [6, 6.07) is 10.8. The number of hydrogen-bond acceptors (Lipinski definition) is 8. The van der Waals surface area contributed by atoms with E-state index in [0.717, 1.165) is 42.6 Å². The van der Waals surface area contributed by atoms with Crippen molar-refractivity contribution in [3.63, 3.8) is 0 Å². The lowest BCUT2D eigenvalue weighted by Gasteiger charge is -2.25. The molecule has 40 heavy (non-hydrogen) atoms. The van der Waals surface area contributed by atoms with Gasteiger partial charge >= 0.3 is 5.97 Å². The highest BCUT2D eigenvalue weighted by Gasteiger charge is 2.25. The van der Waals surface area contributed by atoms with E-state index < -0.39 is 17.9 Å². The van der Waals surface area contributed by atoms with Crippen LogP contribution in [0.5, 0.6) is 5.75 Å². The topological polar surface area (TPSA) is 172 Å². The summed E-state index contributed by atoms with van der Waals surface area (Å²) in [5, 5.41) is 36.2. The molecule has 0 unspecified atom stereocenters. The molecule has 3 heterocycles. The van der Waals surface area contributed by atoms with Crippen LogP contribution in [0, 0.1) is 0 Å². The summed E-state index contributed by atoms with van der Waals surface area (Å²) in [6.45, 7) is 0. The predicted octanol–water partition coefficient (Wildman–Crippen LogP) is 4.11. The Morgan fingerprint density at radius 2 is 1.98 bits per heavy atom. The van der Waals surface area contributed by atoms with Crippen molar-refractivity contribution in [3.8, 4) is 28.5 Å². The fourth-order valence-corrected chi connectivity index (χ4v) is 5.39. The number of imidazole rings is 1. The van der Waals surface area contributed by atoms with Gasteiger partial charge in [-0.3, -0.25) is 4.79 Å². The van der Waals surface area contributed by atoms with E-state index in [1.807, 2.05) is 12.1 Å². The van der Waals surface area contributed by atoms with Crippen LogP contribution in [0.1, 0.15) is 54.1 Å². The number of aromatic hydroxyl groups is 1. The van der Waals surface area contributed by atoms with Gasteiger partial charge in [-0.1, -0.05) is 25.3 Å². The van der Waals surface area contributed by atoms with Crippen LogP contribution in [0.25, 0.3) is 33.8 Å². The summed E-state index contributed by atoms with van der Waals surface area (Å²) in [5.74, 6) is -0.819. The van der Waals surface area contributed by atoms with Crippen molar-refractivity contribution in [2.75, 3.05) is 0 Å². The van der Waals surface area contributed by atoms with Crippen molar-refractivity contribution in [2.45, 2.75) is 50.6 Å². The number of carbonyl (C=O) groups is 2. The van der Waals surface area contributed by atoms with Crippen molar-refractivity contribution in [1.82, 2.24) is 35.5 Å². The molecular weight excluding hydrogens is 514 g/mol. The number of carboxylic acid groups (broad SMARTS) is 1. The zero-order valence-corrected chi connectivity index (χ0v) is 21.4.